The molecule has 2 aromatic carbocycles. The molecule has 0 saturated carbocycles. The van der Waals surface area contributed by atoms with Crippen LogP contribution in [-0.4, -0.2) is 109 Å². The van der Waals surface area contributed by atoms with E-state index in [-0.39, 0.29) is 42.7 Å². The van der Waals surface area contributed by atoms with Crippen molar-refractivity contribution in [3.63, 3.8) is 0 Å². The van der Waals surface area contributed by atoms with E-state index in [1.807, 2.05) is 6.07 Å². The number of rotatable bonds is 11. The number of morpholine rings is 1. The molecule has 15 heteroatoms. The highest BCUT2D eigenvalue weighted by molar-refractivity contribution is 6.01. The van der Waals surface area contributed by atoms with Crippen LogP contribution >= 0.6 is 0 Å². The standard InChI is InChI=1S/C35H41N9O6/c1-3-31(45)38-28-7-5-4-6-26(28)30-21-44(40-39-30)24(2)33(47)42-14-11-35(49,12-15-42)22-43-23-36-29-20-25(8-9-27(29)34(43)48)37-32(46)10-13-41-16-18-50-19-17-41/h3-9,20-21,23-24,49H,1,10-19,22H2,2H3,(H,37,46)(H,38,45)/t24-/m0/s1. The van der Waals surface area contributed by atoms with Crippen molar-refractivity contribution in [1.29, 1.82) is 0 Å². The molecule has 3 amide bonds. The van der Waals surface area contributed by atoms with Crippen LogP contribution in [0.1, 0.15) is 32.2 Å². The van der Waals surface area contributed by atoms with Gasteiger partial charge in [0.25, 0.3) is 5.56 Å². The summed E-state index contributed by atoms with van der Waals surface area (Å²) in [5, 5.41) is 25.9. The van der Waals surface area contributed by atoms with Crippen molar-refractivity contribution in [3.05, 3.63) is 78.0 Å². The van der Waals surface area contributed by atoms with E-state index in [9.17, 15) is 24.3 Å². The number of ether oxygens (including phenoxy) is 1. The topological polar surface area (TPSA) is 177 Å². The van der Waals surface area contributed by atoms with Crippen LogP contribution in [0.5, 0.6) is 0 Å². The molecular formula is C35H41N9O6. The highest BCUT2D eigenvalue weighted by atomic mass is 16.5. The van der Waals surface area contributed by atoms with Crippen LogP contribution < -0.4 is 16.2 Å². The maximum absolute atomic E-state index is 13.5. The molecule has 0 spiro atoms. The predicted molar refractivity (Wildman–Crippen MR) is 186 cm³/mol. The Morgan fingerprint density at radius 2 is 1.84 bits per heavy atom. The van der Waals surface area contributed by atoms with Gasteiger partial charge in [0, 0.05) is 50.4 Å². The number of piperidine rings is 1. The van der Waals surface area contributed by atoms with Gasteiger partial charge in [-0.05, 0) is 50.1 Å². The zero-order valence-electron chi connectivity index (χ0n) is 28.0. The second kappa shape index (κ2) is 15.1. The Morgan fingerprint density at radius 1 is 1.08 bits per heavy atom. The van der Waals surface area contributed by atoms with Gasteiger partial charge in [-0.2, -0.15) is 0 Å². The molecule has 4 aromatic rings. The second-order valence-corrected chi connectivity index (χ2v) is 12.7. The van der Waals surface area contributed by atoms with Crippen molar-refractivity contribution in [3.8, 4) is 11.3 Å². The third-order valence-electron chi connectivity index (χ3n) is 9.25. The summed E-state index contributed by atoms with van der Waals surface area (Å²) in [6.07, 6.45) is 5.14. The van der Waals surface area contributed by atoms with Crippen LogP contribution in [0, 0.1) is 0 Å². The molecule has 0 aliphatic carbocycles. The van der Waals surface area contributed by atoms with Gasteiger partial charge in [-0.15, -0.1) is 5.10 Å². The minimum atomic E-state index is -1.21. The fourth-order valence-corrected chi connectivity index (χ4v) is 6.24. The monoisotopic (exact) mass is 683 g/mol. The van der Waals surface area contributed by atoms with Gasteiger partial charge in [0.2, 0.25) is 17.7 Å². The van der Waals surface area contributed by atoms with Crippen LogP contribution in [0.15, 0.2) is 72.4 Å². The Labute approximate surface area is 288 Å². The minimum Gasteiger partial charge on any atom is -0.388 e. The summed E-state index contributed by atoms with van der Waals surface area (Å²) in [7, 11) is 0. The predicted octanol–water partition coefficient (Wildman–Crippen LogP) is 2.05. The first kappa shape index (κ1) is 34.6. The molecule has 2 aliphatic rings. The molecule has 50 heavy (non-hydrogen) atoms. The summed E-state index contributed by atoms with van der Waals surface area (Å²) < 4.78 is 8.23. The lowest BCUT2D eigenvalue weighted by molar-refractivity contribution is -0.139. The van der Waals surface area contributed by atoms with Gasteiger partial charge in [-0.3, -0.25) is 28.6 Å². The Morgan fingerprint density at radius 3 is 2.60 bits per heavy atom. The first-order valence-corrected chi connectivity index (χ1v) is 16.7. The van der Waals surface area contributed by atoms with Gasteiger partial charge in [0.15, 0.2) is 0 Å². The molecular weight excluding hydrogens is 642 g/mol. The van der Waals surface area contributed by atoms with Crippen LogP contribution in [0.4, 0.5) is 11.4 Å². The molecule has 2 aliphatic heterocycles. The number of aromatic nitrogens is 5. The van der Waals surface area contributed by atoms with Crippen molar-refractivity contribution < 1.29 is 24.2 Å². The smallest absolute Gasteiger partial charge is 0.261 e. The molecule has 3 N–H and O–H groups in total. The van der Waals surface area contributed by atoms with Gasteiger partial charge in [0.05, 0.1) is 54.5 Å². The summed E-state index contributed by atoms with van der Waals surface area (Å²) in [4.78, 5) is 59.5. The Kier molecular flexibility index (Phi) is 10.5. The van der Waals surface area contributed by atoms with Gasteiger partial charge in [-0.25, -0.2) is 9.67 Å². The molecule has 4 heterocycles. The molecule has 2 saturated heterocycles. The van der Waals surface area contributed by atoms with E-state index >= 15 is 0 Å². The summed E-state index contributed by atoms with van der Waals surface area (Å²) in [6.45, 7) is 9.46. The number of likely N-dealkylation sites (tertiary alicyclic amines) is 1. The van der Waals surface area contributed by atoms with Gasteiger partial charge < -0.3 is 25.4 Å². The molecule has 6 rings (SSSR count). The molecule has 0 radical (unpaired) electrons. The molecule has 0 unspecified atom stereocenters. The number of aliphatic hydroxyl groups is 1. The van der Waals surface area contributed by atoms with Crippen molar-refractivity contribution in [1.82, 2.24) is 34.3 Å². The number of benzene rings is 2. The van der Waals surface area contributed by atoms with Crippen molar-refractivity contribution in [2.75, 3.05) is 56.6 Å². The van der Waals surface area contributed by atoms with E-state index in [1.165, 1.54) is 21.7 Å². The minimum absolute atomic E-state index is 0.0284. The number of para-hydroxylation sites is 1. The molecule has 0 bridgehead atoms. The maximum Gasteiger partial charge on any atom is 0.261 e. The first-order valence-electron chi connectivity index (χ1n) is 16.7. The van der Waals surface area contributed by atoms with Crippen molar-refractivity contribution in [2.24, 2.45) is 0 Å². The van der Waals surface area contributed by atoms with Crippen LogP contribution in [0.25, 0.3) is 22.2 Å². The molecule has 15 nitrogen and oxygen atoms in total. The number of anilines is 2. The van der Waals surface area contributed by atoms with Crippen LogP contribution in [-0.2, 0) is 25.7 Å². The number of hydrogen-bond acceptors (Lipinski definition) is 10. The van der Waals surface area contributed by atoms with Gasteiger partial charge in [0.1, 0.15) is 11.7 Å². The third kappa shape index (κ3) is 7.96. The van der Waals surface area contributed by atoms with Crippen LogP contribution in [0.3, 0.4) is 0 Å². The first-order chi connectivity index (χ1) is 24.1. The fraction of sp³-hybridized carbons (Fsp3) is 0.400. The Balaban J connectivity index is 1.04. The highest BCUT2D eigenvalue weighted by Gasteiger charge is 2.36. The van der Waals surface area contributed by atoms with Crippen LogP contribution in [0.2, 0.25) is 0 Å². The number of nitrogens with zero attached hydrogens (tertiary/aromatic N) is 7. The van der Waals surface area contributed by atoms with E-state index in [1.54, 1.807) is 54.4 Å². The number of carbonyl (C=O) groups excluding carboxylic acids is 3. The normalized spacial score (nSPS) is 16.9. The van der Waals surface area contributed by atoms with Gasteiger partial charge in [-0.1, -0.05) is 30.0 Å². The molecule has 2 fully saturated rings. The summed E-state index contributed by atoms with van der Waals surface area (Å²) >= 11 is 0. The lowest BCUT2D eigenvalue weighted by atomic mass is 9.91. The summed E-state index contributed by atoms with van der Waals surface area (Å²) in [5.41, 5.74) is 1.18. The van der Waals surface area contributed by atoms with Crippen molar-refractivity contribution in [2.45, 2.75) is 44.4 Å². The average molecular weight is 684 g/mol. The number of amides is 3. The average Bonchev–Trinajstić information content (AvgIpc) is 3.62. The highest BCUT2D eigenvalue weighted by Crippen LogP contribution is 2.28. The van der Waals surface area contributed by atoms with E-state index in [0.29, 0.717) is 72.8 Å². The quantitative estimate of drug-likeness (QED) is 0.198. The second-order valence-electron chi connectivity index (χ2n) is 12.7. The van der Waals surface area contributed by atoms with Gasteiger partial charge >= 0.3 is 0 Å². The Bertz CT molecular complexity index is 1940. The van der Waals surface area contributed by atoms with E-state index in [4.69, 9.17) is 4.74 Å². The SMILES string of the molecule is C=CC(=O)Nc1ccccc1-c1cn([C@@H](C)C(=O)N2CCC(O)(Cn3cnc4cc(NC(=O)CCN5CCOCC5)ccc4c3=O)CC2)nn1. The number of fused-ring (bicyclic) bond motifs is 1. The number of nitrogens with one attached hydrogen (secondary N) is 2. The summed E-state index contributed by atoms with van der Waals surface area (Å²) in [5.74, 6) is -0.648. The summed E-state index contributed by atoms with van der Waals surface area (Å²) in [6, 6.07) is 11.5. The van der Waals surface area contributed by atoms with Crippen molar-refractivity contribution >= 4 is 40.0 Å². The molecule has 262 valence electrons. The maximum atomic E-state index is 13.5. The van der Waals surface area contributed by atoms with E-state index in [0.717, 1.165) is 13.1 Å². The lowest BCUT2D eigenvalue weighted by Gasteiger charge is -2.39. The third-order valence-corrected chi connectivity index (χ3v) is 9.25. The lowest BCUT2D eigenvalue weighted by Crippen LogP contribution is -2.50. The van der Waals surface area contributed by atoms with E-state index < -0.39 is 11.6 Å². The number of carbonyl (C=O) groups is 3. The van der Waals surface area contributed by atoms with E-state index in [2.05, 4.69) is 37.4 Å². The molecule has 1 atom stereocenters. The fourth-order valence-electron chi connectivity index (χ4n) is 6.24. The molecule has 2 aromatic heterocycles. The zero-order chi connectivity index (χ0) is 35.3. The Hall–Kier alpha value is -5.25. The largest absolute Gasteiger partial charge is 0.388 e. The number of hydrogen-bond donors (Lipinski definition) is 3. The zero-order valence-corrected chi connectivity index (χ0v) is 28.0.